The van der Waals surface area contributed by atoms with E-state index in [1.807, 2.05) is 35.7 Å². The number of rotatable bonds is 6. The van der Waals surface area contributed by atoms with Crippen LogP contribution in [0.4, 0.5) is 5.00 Å². The average molecular weight is 424 g/mol. The lowest BCUT2D eigenvalue weighted by Gasteiger charge is -2.03. The number of carbonyl (C=O) groups is 2. The Morgan fingerprint density at radius 1 is 1.28 bits per heavy atom. The van der Waals surface area contributed by atoms with Crippen molar-refractivity contribution in [1.29, 1.82) is 5.26 Å². The molecule has 0 spiro atoms. The molecule has 0 unspecified atom stereocenters. The number of carbonyl (C=O) groups excluding carboxylic acids is 2. The molecule has 0 aliphatic heterocycles. The summed E-state index contributed by atoms with van der Waals surface area (Å²) in [5.41, 5.74) is 2.93. The molecule has 0 saturated carbocycles. The fourth-order valence-electron chi connectivity index (χ4n) is 2.72. The summed E-state index contributed by atoms with van der Waals surface area (Å²) in [6.07, 6.45) is 1.50. The highest BCUT2D eigenvalue weighted by molar-refractivity contribution is 7.18. The van der Waals surface area contributed by atoms with Gasteiger partial charge in [-0.1, -0.05) is 30.3 Å². The zero-order valence-corrected chi connectivity index (χ0v) is 17.6. The summed E-state index contributed by atoms with van der Waals surface area (Å²) in [7, 11) is 1.29. The third kappa shape index (κ3) is 4.26. The number of aromatic nitrogens is 1. The Balaban J connectivity index is 1.93. The fraction of sp³-hybridized carbons (Fsp3) is 0.143. The number of benzene rings is 1. The molecule has 0 aliphatic carbocycles. The van der Waals surface area contributed by atoms with E-state index in [4.69, 9.17) is 4.74 Å². The summed E-state index contributed by atoms with van der Waals surface area (Å²) in [6, 6.07) is 11.8. The molecule has 3 rings (SSSR count). The van der Waals surface area contributed by atoms with E-state index in [-0.39, 0.29) is 5.78 Å². The first kappa shape index (κ1) is 20.5. The minimum Gasteiger partial charge on any atom is -0.465 e. The van der Waals surface area contributed by atoms with Gasteiger partial charge in [-0.15, -0.1) is 22.7 Å². The molecule has 0 radical (unpaired) electrons. The van der Waals surface area contributed by atoms with Crippen molar-refractivity contribution in [3.63, 3.8) is 0 Å². The first-order chi connectivity index (χ1) is 14.0. The zero-order valence-electron chi connectivity index (χ0n) is 16.0. The maximum Gasteiger partial charge on any atom is 0.341 e. The number of Topliss-reactive ketones (excluding diaryl/α,β-unsaturated/α-hetero) is 1. The number of anilines is 1. The molecule has 1 aromatic carbocycles. The molecule has 1 N–H and O–H groups in total. The number of thiazole rings is 1. The van der Waals surface area contributed by atoms with E-state index in [2.05, 4.69) is 16.4 Å². The van der Waals surface area contributed by atoms with E-state index >= 15 is 0 Å². The number of nitrogens with one attached hydrogen (secondary N) is 1. The largest absolute Gasteiger partial charge is 0.465 e. The van der Waals surface area contributed by atoms with Gasteiger partial charge in [0.2, 0.25) is 0 Å². The van der Waals surface area contributed by atoms with Crippen molar-refractivity contribution in [2.75, 3.05) is 12.4 Å². The third-order valence-electron chi connectivity index (χ3n) is 4.13. The number of hydrogen-bond acceptors (Lipinski definition) is 8. The van der Waals surface area contributed by atoms with Crippen LogP contribution in [0, 0.1) is 18.3 Å². The van der Waals surface area contributed by atoms with Gasteiger partial charge >= 0.3 is 5.97 Å². The van der Waals surface area contributed by atoms with Crippen molar-refractivity contribution in [1.82, 2.24) is 4.98 Å². The number of allylic oxidation sites excluding steroid dienone is 1. The highest BCUT2D eigenvalue weighted by Crippen LogP contribution is 2.34. The van der Waals surface area contributed by atoms with Gasteiger partial charge in [-0.3, -0.25) is 4.79 Å². The van der Waals surface area contributed by atoms with Crippen molar-refractivity contribution in [3.05, 3.63) is 62.9 Å². The number of esters is 1. The monoisotopic (exact) mass is 423 g/mol. The molecule has 0 bridgehead atoms. The maximum atomic E-state index is 12.2. The normalized spacial score (nSPS) is 11.0. The summed E-state index contributed by atoms with van der Waals surface area (Å²) in [5, 5.41) is 15.5. The number of nitriles is 1. The van der Waals surface area contributed by atoms with E-state index in [0.29, 0.717) is 31.6 Å². The molecule has 146 valence electrons. The Morgan fingerprint density at radius 3 is 2.62 bits per heavy atom. The van der Waals surface area contributed by atoms with Crippen LogP contribution in [0.3, 0.4) is 0 Å². The minimum atomic E-state index is -0.540. The highest BCUT2D eigenvalue weighted by atomic mass is 32.1. The van der Waals surface area contributed by atoms with Gasteiger partial charge in [0.15, 0.2) is 5.78 Å². The summed E-state index contributed by atoms with van der Waals surface area (Å²) < 4.78 is 4.84. The SMILES string of the molecule is COC(=O)c1c(N/C=C(/C#N)c2nc(-c3ccccc3)cs2)sc(C(C)=O)c1C. The van der Waals surface area contributed by atoms with E-state index in [1.165, 1.54) is 31.6 Å². The van der Waals surface area contributed by atoms with E-state index in [1.54, 1.807) is 6.92 Å². The lowest BCUT2D eigenvalue weighted by molar-refractivity contribution is 0.0601. The molecule has 0 fully saturated rings. The van der Waals surface area contributed by atoms with Crippen molar-refractivity contribution in [3.8, 4) is 17.3 Å². The molecule has 29 heavy (non-hydrogen) atoms. The molecule has 2 aromatic heterocycles. The number of thiophene rings is 1. The first-order valence-corrected chi connectivity index (χ1v) is 10.3. The summed E-state index contributed by atoms with van der Waals surface area (Å²) in [4.78, 5) is 29.0. The second kappa shape index (κ2) is 8.82. The van der Waals surface area contributed by atoms with E-state index in [9.17, 15) is 14.9 Å². The van der Waals surface area contributed by atoms with Gasteiger partial charge in [0.1, 0.15) is 21.7 Å². The standard InChI is InChI=1S/C21H17N3O3S2/c1-12-17(21(26)27-3)20(29-18(12)13(2)25)23-10-15(9-22)19-24-16(11-28-19)14-7-5-4-6-8-14/h4-8,10-11,23H,1-3H3/b15-10-. The van der Waals surface area contributed by atoms with Crippen LogP contribution in [0.5, 0.6) is 0 Å². The second-order valence-electron chi connectivity index (χ2n) is 6.03. The number of ketones is 1. The zero-order chi connectivity index (χ0) is 21.0. The number of nitrogens with zero attached hydrogens (tertiary/aromatic N) is 2. The van der Waals surface area contributed by atoms with E-state index in [0.717, 1.165) is 22.6 Å². The van der Waals surface area contributed by atoms with Crippen LogP contribution in [0.25, 0.3) is 16.8 Å². The lowest BCUT2D eigenvalue weighted by atomic mass is 10.1. The quantitative estimate of drug-likeness (QED) is 0.335. The molecular formula is C21H17N3O3S2. The molecule has 0 atom stereocenters. The average Bonchev–Trinajstić information content (AvgIpc) is 3.34. The first-order valence-electron chi connectivity index (χ1n) is 8.57. The van der Waals surface area contributed by atoms with Gasteiger partial charge in [-0.25, -0.2) is 9.78 Å². The van der Waals surface area contributed by atoms with Crippen LogP contribution in [-0.4, -0.2) is 23.8 Å². The van der Waals surface area contributed by atoms with Gasteiger partial charge in [0.25, 0.3) is 0 Å². The Kier molecular flexibility index (Phi) is 6.22. The van der Waals surface area contributed by atoms with Gasteiger partial charge < -0.3 is 10.1 Å². The molecule has 0 saturated heterocycles. The fourth-order valence-corrected chi connectivity index (χ4v) is 4.57. The molecule has 0 amide bonds. The summed E-state index contributed by atoms with van der Waals surface area (Å²) in [5.74, 6) is -0.677. The Morgan fingerprint density at radius 2 is 2.00 bits per heavy atom. The van der Waals surface area contributed by atoms with E-state index < -0.39 is 5.97 Å². The van der Waals surface area contributed by atoms with Crippen LogP contribution in [0.2, 0.25) is 0 Å². The van der Waals surface area contributed by atoms with Crippen molar-refractivity contribution < 1.29 is 14.3 Å². The molecule has 3 aromatic rings. The third-order valence-corrected chi connectivity index (χ3v) is 6.33. The van der Waals surface area contributed by atoms with Crippen molar-refractivity contribution >= 4 is 45.0 Å². The van der Waals surface area contributed by atoms with Gasteiger partial charge in [0.05, 0.1) is 23.2 Å². The van der Waals surface area contributed by atoms with Gasteiger partial charge in [-0.2, -0.15) is 5.26 Å². The van der Waals surface area contributed by atoms with Crippen molar-refractivity contribution in [2.24, 2.45) is 0 Å². The highest BCUT2D eigenvalue weighted by Gasteiger charge is 2.23. The second-order valence-corrected chi connectivity index (χ2v) is 7.90. The van der Waals surface area contributed by atoms with Gasteiger partial charge in [0, 0.05) is 17.1 Å². The molecule has 8 heteroatoms. The van der Waals surface area contributed by atoms with Crippen molar-refractivity contribution in [2.45, 2.75) is 13.8 Å². The molecule has 6 nitrogen and oxygen atoms in total. The van der Waals surface area contributed by atoms with Crippen LogP contribution >= 0.6 is 22.7 Å². The lowest BCUT2D eigenvalue weighted by Crippen LogP contribution is -2.05. The van der Waals surface area contributed by atoms with Crippen LogP contribution in [-0.2, 0) is 4.74 Å². The Labute approximate surface area is 176 Å². The topological polar surface area (TPSA) is 92.1 Å². The Hall–Kier alpha value is -3.28. The molecular weight excluding hydrogens is 406 g/mol. The number of ether oxygens (including phenoxy) is 1. The summed E-state index contributed by atoms with van der Waals surface area (Å²) >= 11 is 2.51. The summed E-state index contributed by atoms with van der Waals surface area (Å²) in [6.45, 7) is 3.15. The van der Waals surface area contributed by atoms with Crippen LogP contribution in [0.15, 0.2) is 41.9 Å². The molecule has 2 heterocycles. The maximum absolute atomic E-state index is 12.2. The van der Waals surface area contributed by atoms with Gasteiger partial charge in [-0.05, 0) is 19.4 Å². The molecule has 0 aliphatic rings. The minimum absolute atomic E-state index is 0.136. The predicted molar refractivity (Wildman–Crippen MR) is 115 cm³/mol. The predicted octanol–water partition coefficient (Wildman–Crippen LogP) is 5.15. The smallest absolute Gasteiger partial charge is 0.341 e. The van der Waals surface area contributed by atoms with Crippen LogP contribution < -0.4 is 5.32 Å². The number of methoxy groups -OCH3 is 1. The number of hydrogen-bond donors (Lipinski definition) is 1. The Bertz CT molecular complexity index is 1140. The van der Waals surface area contributed by atoms with Crippen LogP contribution in [0.1, 0.15) is 37.5 Å².